The fourth-order valence-electron chi connectivity index (χ4n) is 2.55. The Hall–Kier alpha value is -3.47. The highest BCUT2D eigenvalue weighted by Crippen LogP contribution is 2.16. The summed E-state index contributed by atoms with van der Waals surface area (Å²) in [5.74, 6) is 0.243. The second kappa shape index (κ2) is 7.40. The molecule has 0 atom stereocenters. The molecule has 1 N–H and O–H groups in total. The van der Waals surface area contributed by atoms with Crippen molar-refractivity contribution in [2.75, 3.05) is 36.4 Å². The first-order valence-electron chi connectivity index (χ1n) is 7.80. The standard InChI is InChI=1S/C17H16N6O2/c18-11-13-3-1-2-4-14(13)19-17(25)15-5-6-16(21-20-15)23-9-7-22(12-24)8-10-23/h1-6,12H,7-10H2,(H,19,25). The maximum absolute atomic E-state index is 12.3. The molecule has 1 aliphatic heterocycles. The molecule has 8 heteroatoms. The number of carbonyl (C=O) groups is 2. The quantitative estimate of drug-likeness (QED) is 0.832. The lowest BCUT2D eigenvalue weighted by molar-refractivity contribution is -0.118. The first-order chi connectivity index (χ1) is 12.2. The minimum absolute atomic E-state index is 0.169. The Balaban J connectivity index is 1.67. The van der Waals surface area contributed by atoms with Crippen molar-refractivity contribution in [1.82, 2.24) is 15.1 Å². The van der Waals surface area contributed by atoms with E-state index in [9.17, 15) is 9.59 Å². The van der Waals surface area contributed by atoms with Gasteiger partial charge in [-0.05, 0) is 24.3 Å². The second-order valence-corrected chi connectivity index (χ2v) is 5.52. The van der Waals surface area contributed by atoms with Gasteiger partial charge in [0.25, 0.3) is 5.91 Å². The monoisotopic (exact) mass is 336 g/mol. The highest BCUT2D eigenvalue weighted by atomic mass is 16.2. The minimum Gasteiger partial charge on any atom is -0.352 e. The average Bonchev–Trinajstić information content (AvgIpc) is 2.68. The van der Waals surface area contributed by atoms with Gasteiger partial charge in [0.2, 0.25) is 6.41 Å². The van der Waals surface area contributed by atoms with Crippen LogP contribution in [0.4, 0.5) is 11.5 Å². The van der Waals surface area contributed by atoms with E-state index < -0.39 is 5.91 Å². The van der Waals surface area contributed by atoms with Gasteiger partial charge < -0.3 is 15.1 Å². The zero-order valence-electron chi connectivity index (χ0n) is 13.4. The van der Waals surface area contributed by atoms with Crippen LogP contribution in [0.25, 0.3) is 0 Å². The van der Waals surface area contributed by atoms with Crippen molar-refractivity contribution < 1.29 is 9.59 Å². The number of amides is 2. The van der Waals surface area contributed by atoms with Crippen molar-refractivity contribution in [1.29, 1.82) is 5.26 Å². The molecule has 0 saturated carbocycles. The summed E-state index contributed by atoms with van der Waals surface area (Å²) in [4.78, 5) is 26.7. The molecule has 0 unspecified atom stereocenters. The zero-order valence-corrected chi connectivity index (χ0v) is 13.4. The molecule has 0 aliphatic carbocycles. The highest BCUT2D eigenvalue weighted by Gasteiger charge is 2.18. The maximum atomic E-state index is 12.3. The zero-order chi connectivity index (χ0) is 17.6. The summed E-state index contributed by atoms with van der Waals surface area (Å²) in [7, 11) is 0. The van der Waals surface area contributed by atoms with Crippen LogP contribution < -0.4 is 10.2 Å². The number of hydrogen-bond acceptors (Lipinski definition) is 6. The van der Waals surface area contributed by atoms with Crippen LogP contribution in [0, 0.1) is 11.3 Å². The third-order valence-electron chi connectivity index (χ3n) is 3.97. The van der Waals surface area contributed by atoms with E-state index >= 15 is 0 Å². The predicted octanol–water partition coefficient (Wildman–Crippen LogP) is 0.879. The van der Waals surface area contributed by atoms with Crippen molar-refractivity contribution in [3.8, 4) is 6.07 Å². The number of nitriles is 1. The molecule has 1 fully saturated rings. The van der Waals surface area contributed by atoms with E-state index in [0.717, 1.165) is 6.41 Å². The summed E-state index contributed by atoms with van der Waals surface area (Å²) in [6.07, 6.45) is 0.843. The van der Waals surface area contributed by atoms with Crippen molar-refractivity contribution in [3.05, 3.63) is 47.7 Å². The topological polar surface area (TPSA) is 102 Å². The van der Waals surface area contributed by atoms with Crippen LogP contribution in [-0.4, -0.2) is 53.6 Å². The van der Waals surface area contributed by atoms with Crippen molar-refractivity contribution in [2.45, 2.75) is 0 Å². The molecule has 126 valence electrons. The summed E-state index contributed by atoms with van der Waals surface area (Å²) in [6.45, 7) is 2.62. The lowest BCUT2D eigenvalue weighted by Crippen LogP contribution is -2.46. The highest BCUT2D eigenvalue weighted by molar-refractivity contribution is 6.03. The fourth-order valence-corrected chi connectivity index (χ4v) is 2.55. The van der Waals surface area contributed by atoms with E-state index in [0.29, 0.717) is 43.2 Å². The Morgan fingerprint density at radius 1 is 1.12 bits per heavy atom. The number of rotatable bonds is 4. The molecule has 1 aromatic heterocycles. The van der Waals surface area contributed by atoms with Gasteiger partial charge in [0.1, 0.15) is 6.07 Å². The molecule has 2 amide bonds. The van der Waals surface area contributed by atoms with E-state index in [4.69, 9.17) is 5.26 Å². The van der Waals surface area contributed by atoms with Crippen LogP contribution in [0.3, 0.4) is 0 Å². The van der Waals surface area contributed by atoms with E-state index in [1.807, 2.05) is 11.0 Å². The average molecular weight is 336 g/mol. The van der Waals surface area contributed by atoms with Crippen LogP contribution >= 0.6 is 0 Å². The Bertz CT molecular complexity index is 807. The molecule has 1 aliphatic rings. The predicted molar refractivity (Wildman–Crippen MR) is 91.0 cm³/mol. The van der Waals surface area contributed by atoms with Crippen LogP contribution in [0.15, 0.2) is 36.4 Å². The number of piperazine rings is 1. The number of para-hydroxylation sites is 1. The Morgan fingerprint density at radius 3 is 2.52 bits per heavy atom. The third kappa shape index (κ3) is 3.72. The fraction of sp³-hybridized carbons (Fsp3) is 0.235. The molecule has 1 saturated heterocycles. The lowest BCUT2D eigenvalue weighted by atomic mass is 10.2. The summed E-state index contributed by atoms with van der Waals surface area (Å²) < 4.78 is 0. The maximum Gasteiger partial charge on any atom is 0.276 e. The molecule has 0 bridgehead atoms. The van der Waals surface area contributed by atoms with Gasteiger partial charge in [-0.25, -0.2) is 0 Å². The molecular formula is C17H16N6O2. The first-order valence-corrected chi connectivity index (χ1v) is 7.80. The molecule has 0 spiro atoms. The van der Waals surface area contributed by atoms with Gasteiger partial charge in [0, 0.05) is 26.2 Å². The van der Waals surface area contributed by atoms with Gasteiger partial charge in [-0.1, -0.05) is 12.1 Å². The van der Waals surface area contributed by atoms with E-state index in [1.165, 1.54) is 0 Å². The van der Waals surface area contributed by atoms with Crippen LogP contribution in [-0.2, 0) is 4.79 Å². The summed E-state index contributed by atoms with van der Waals surface area (Å²) in [5, 5.41) is 19.8. The number of nitrogens with zero attached hydrogens (tertiary/aromatic N) is 5. The number of benzene rings is 1. The molecular weight excluding hydrogens is 320 g/mol. The molecule has 2 heterocycles. The molecule has 2 aromatic rings. The second-order valence-electron chi connectivity index (χ2n) is 5.52. The van der Waals surface area contributed by atoms with E-state index in [2.05, 4.69) is 15.5 Å². The van der Waals surface area contributed by atoms with Gasteiger partial charge in [-0.3, -0.25) is 9.59 Å². The van der Waals surface area contributed by atoms with Crippen LogP contribution in [0.5, 0.6) is 0 Å². The van der Waals surface area contributed by atoms with Crippen molar-refractivity contribution in [3.63, 3.8) is 0 Å². The molecule has 0 radical (unpaired) electrons. The summed E-state index contributed by atoms with van der Waals surface area (Å²) in [5.41, 5.74) is 0.988. The van der Waals surface area contributed by atoms with Gasteiger partial charge >= 0.3 is 0 Å². The van der Waals surface area contributed by atoms with Gasteiger partial charge in [0.05, 0.1) is 11.3 Å². The molecule has 1 aromatic carbocycles. The number of aromatic nitrogens is 2. The SMILES string of the molecule is N#Cc1ccccc1NC(=O)c1ccc(N2CCN(C=O)CC2)nn1. The normalized spacial score (nSPS) is 13.9. The largest absolute Gasteiger partial charge is 0.352 e. The van der Waals surface area contributed by atoms with Gasteiger partial charge in [0.15, 0.2) is 11.5 Å². The number of hydrogen-bond donors (Lipinski definition) is 1. The Labute approximate surface area is 144 Å². The van der Waals surface area contributed by atoms with Crippen molar-refractivity contribution in [2.24, 2.45) is 0 Å². The summed E-state index contributed by atoms with van der Waals surface area (Å²) in [6, 6.07) is 12.1. The summed E-state index contributed by atoms with van der Waals surface area (Å²) >= 11 is 0. The minimum atomic E-state index is -0.424. The Morgan fingerprint density at radius 2 is 1.88 bits per heavy atom. The molecule has 25 heavy (non-hydrogen) atoms. The van der Waals surface area contributed by atoms with Crippen molar-refractivity contribution >= 4 is 23.8 Å². The lowest BCUT2D eigenvalue weighted by Gasteiger charge is -2.32. The molecule has 8 nitrogen and oxygen atoms in total. The van der Waals surface area contributed by atoms with Gasteiger partial charge in [-0.2, -0.15) is 5.26 Å². The van der Waals surface area contributed by atoms with Gasteiger partial charge in [-0.15, -0.1) is 10.2 Å². The molecule has 3 rings (SSSR count). The van der Waals surface area contributed by atoms with E-state index in [1.54, 1.807) is 41.3 Å². The Kier molecular flexibility index (Phi) is 4.85. The van der Waals surface area contributed by atoms with E-state index in [-0.39, 0.29) is 5.69 Å². The number of nitrogens with one attached hydrogen (secondary N) is 1. The number of carbonyl (C=O) groups excluding carboxylic acids is 2. The van der Waals surface area contributed by atoms with Crippen LogP contribution in [0.2, 0.25) is 0 Å². The first kappa shape index (κ1) is 16.4. The smallest absolute Gasteiger partial charge is 0.276 e. The van der Waals surface area contributed by atoms with Crippen LogP contribution in [0.1, 0.15) is 16.1 Å². The third-order valence-corrected chi connectivity index (χ3v) is 3.97. The number of anilines is 2.